The van der Waals surface area contributed by atoms with Crippen LogP contribution in [0.1, 0.15) is 0 Å². The van der Waals surface area contributed by atoms with E-state index in [4.69, 9.17) is 23.4 Å². The third-order valence-electron chi connectivity index (χ3n) is 0.553. The molecule has 7 heavy (non-hydrogen) atoms. The van der Waals surface area contributed by atoms with Gasteiger partial charge in [-0.05, 0) is 0 Å². The molecule has 38 valence electrons. The zero-order valence-electron chi connectivity index (χ0n) is 3.31. The second kappa shape index (κ2) is 1.72. The van der Waals surface area contributed by atoms with Crippen LogP contribution in [0, 0.1) is 0 Å². The van der Waals surface area contributed by atoms with Crippen molar-refractivity contribution in [2.45, 2.75) is 0 Å². The molecule has 0 aliphatic rings. The Morgan fingerprint density at radius 3 is 2.57 bits per heavy atom. The van der Waals surface area contributed by atoms with Gasteiger partial charge in [-0.15, -0.1) is 0 Å². The van der Waals surface area contributed by atoms with E-state index in [-0.39, 0.29) is 0 Å². The Hall–Kier alpha value is -0.210. The molecule has 0 aliphatic heterocycles. The van der Waals surface area contributed by atoms with Crippen molar-refractivity contribution in [1.82, 2.24) is 9.07 Å². The minimum absolute atomic E-state index is 0.432. The Labute approximate surface area is 50.8 Å². The van der Waals surface area contributed by atoms with Crippen molar-refractivity contribution in [3.05, 3.63) is 17.7 Å². The van der Waals surface area contributed by atoms with Crippen LogP contribution in [0.15, 0.2) is 12.5 Å². The standard InChI is InChI=1S/C3H2Cl2N2/c4-3-1-6-2-7(3)5/h1-2H. The predicted molar refractivity (Wildman–Crippen MR) is 28.5 cm³/mol. The molecule has 1 rings (SSSR count). The highest BCUT2D eigenvalue weighted by molar-refractivity contribution is 6.32. The van der Waals surface area contributed by atoms with Crippen molar-refractivity contribution < 1.29 is 0 Å². The quantitative estimate of drug-likeness (QED) is 0.530. The molecular weight excluding hydrogens is 135 g/mol. The van der Waals surface area contributed by atoms with E-state index in [0.29, 0.717) is 5.15 Å². The van der Waals surface area contributed by atoms with E-state index in [9.17, 15) is 0 Å². The van der Waals surface area contributed by atoms with Crippen LogP contribution in [-0.2, 0) is 0 Å². The number of aromatic nitrogens is 2. The van der Waals surface area contributed by atoms with Gasteiger partial charge in [0, 0.05) is 11.8 Å². The summed E-state index contributed by atoms with van der Waals surface area (Å²) in [6.07, 6.45) is 2.89. The lowest BCUT2D eigenvalue weighted by molar-refractivity contribution is 1.21. The molecule has 1 aromatic heterocycles. The monoisotopic (exact) mass is 136 g/mol. The molecule has 1 aromatic rings. The summed E-state index contributed by atoms with van der Waals surface area (Å²) in [6.45, 7) is 0. The van der Waals surface area contributed by atoms with Crippen molar-refractivity contribution >= 4 is 23.4 Å². The summed E-state index contributed by atoms with van der Waals surface area (Å²) in [5.41, 5.74) is 0. The predicted octanol–water partition coefficient (Wildman–Crippen LogP) is 1.54. The molecule has 4 heteroatoms. The van der Waals surface area contributed by atoms with Crippen LogP contribution in [0.25, 0.3) is 0 Å². The van der Waals surface area contributed by atoms with E-state index < -0.39 is 0 Å². The van der Waals surface area contributed by atoms with Gasteiger partial charge in [-0.1, -0.05) is 11.6 Å². The molecule has 2 nitrogen and oxygen atoms in total. The van der Waals surface area contributed by atoms with Gasteiger partial charge in [-0.3, -0.25) is 0 Å². The zero-order valence-corrected chi connectivity index (χ0v) is 4.82. The van der Waals surface area contributed by atoms with E-state index in [2.05, 4.69) is 4.98 Å². The Morgan fingerprint density at radius 2 is 2.43 bits per heavy atom. The van der Waals surface area contributed by atoms with Crippen molar-refractivity contribution in [3.63, 3.8) is 0 Å². The fraction of sp³-hybridized carbons (Fsp3) is 0. The molecule has 0 fully saturated rings. The Balaban J connectivity index is 3.12. The molecule has 0 aromatic carbocycles. The fourth-order valence-electron chi connectivity index (χ4n) is 0.264. The third kappa shape index (κ3) is 0.868. The molecule has 0 unspecified atom stereocenters. The van der Waals surface area contributed by atoms with Gasteiger partial charge in [0.2, 0.25) is 0 Å². The SMILES string of the molecule is Clc1cncn1Cl. The lowest BCUT2D eigenvalue weighted by Crippen LogP contribution is -1.70. The highest BCUT2D eigenvalue weighted by Crippen LogP contribution is 2.06. The maximum absolute atomic E-state index is 5.39. The lowest BCUT2D eigenvalue weighted by Gasteiger charge is -1.80. The number of hydrogen-bond donors (Lipinski definition) is 0. The Bertz CT molecular complexity index is 143. The van der Waals surface area contributed by atoms with Gasteiger partial charge in [0.1, 0.15) is 11.5 Å². The van der Waals surface area contributed by atoms with Gasteiger partial charge in [-0.25, -0.2) is 9.07 Å². The first kappa shape index (κ1) is 4.94. The van der Waals surface area contributed by atoms with Crippen LogP contribution in [0.4, 0.5) is 0 Å². The summed E-state index contributed by atoms with van der Waals surface area (Å²) in [5, 5.41) is 0.432. The average Bonchev–Trinajstić information content (AvgIpc) is 1.91. The number of hydrogen-bond acceptors (Lipinski definition) is 1. The maximum atomic E-state index is 5.39. The first-order valence-corrected chi connectivity index (χ1v) is 2.36. The topological polar surface area (TPSA) is 17.8 Å². The molecular formula is C3H2Cl2N2. The zero-order chi connectivity index (χ0) is 5.28. The van der Waals surface area contributed by atoms with Crippen molar-refractivity contribution in [3.8, 4) is 0 Å². The molecule has 0 spiro atoms. The number of halogens is 2. The van der Waals surface area contributed by atoms with Crippen LogP contribution in [0.5, 0.6) is 0 Å². The third-order valence-corrected chi connectivity index (χ3v) is 1.19. The van der Waals surface area contributed by atoms with Gasteiger partial charge >= 0.3 is 0 Å². The van der Waals surface area contributed by atoms with Crippen LogP contribution in [-0.4, -0.2) is 9.07 Å². The van der Waals surface area contributed by atoms with Gasteiger partial charge < -0.3 is 0 Å². The molecule has 0 atom stereocenters. The number of imidazole rings is 1. The lowest BCUT2D eigenvalue weighted by atomic mass is 11.0. The second-order valence-corrected chi connectivity index (χ2v) is 1.78. The number of rotatable bonds is 0. The summed E-state index contributed by atoms with van der Waals surface area (Å²) in [6, 6.07) is 0. The average molecular weight is 137 g/mol. The Morgan fingerprint density at radius 1 is 1.71 bits per heavy atom. The normalized spacial score (nSPS) is 9.43. The number of nitrogens with zero attached hydrogens (tertiary/aromatic N) is 2. The smallest absolute Gasteiger partial charge is 0.143 e. The summed E-state index contributed by atoms with van der Waals surface area (Å²) >= 11 is 10.7. The maximum Gasteiger partial charge on any atom is 0.143 e. The molecule has 0 bridgehead atoms. The van der Waals surface area contributed by atoms with E-state index in [0.717, 1.165) is 0 Å². The first-order chi connectivity index (χ1) is 3.30. The molecule has 0 N–H and O–H groups in total. The minimum atomic E-state index is 0.432. The summed E-state index contributed by atoms with van der Waals surface area (Å²) in [4.78, 5) is 3.62. The fourth-order valence-corrected chi connectivity index (χ4v) is 0.458. The van der Waals surface area contributed by atoms with Gasteiger partial charge in [0.25, 0.3) is 0 Å². The van der Waals surface area contributed by atoms with Crippen molar-refractivity contribution in [2.75, 3.05) is 0 Å². The van der Waals surface area contributed by atoms with Gasteiger partial charge in [-0.2, -0.15) is 0 Å². The Kier molecular flexibility index (Phi) is 1.21. The summed E-state index contributed by atoms with van der Waals surface area (Å²) in [5.74, 6) is 0. The molecule has 0 aliphatic carbocycles. The van der Waals surface area contributed by atoms with Crippen LogP contribution in [0.2, 0.25) is 5.15 Å². The van der Waals surface area contributed by atoms with Crippen LogP contribution in [0.3, 0.4) is 0 Å². The van der Waals surface area contributed by atoms with E-state index in [1.165, 1.54) is 16.6 Å². The first-order valence-electron chi connectivity index (χ1n) is 1.64. The molecule has 0 amide bonds. The highest BCUT2D eigenvalue weighted by Gasteiger charge is 1.89. The van der Waals surface area contributed by atoms with E-state index in [1.54, 1.807) is 0 Å². The van der Waals surface area contributed by atoms with E-state index >= 15 is 0 Å². The largest absolute Gasteiger partial charge is 0.242 e. The van der Waals surface area contributed by atoms with Crippen molar-refractivity contribution in [1.29, 1.82) is 0 Å². The highest BCUT2D eigenvalue weighted by atomic mass is 35.5. The molecule has 1 heterocycles. The summed E-state index contributed by atoms with van der Waals surface area (Å²) in [7, 11) is 0. The van der Waals surface area contributed by atoms with E-state index in [1.807, 2.05) is 0 Å². The van der Waals surface area contributed by atoms with Crippen molar-refractivity contribution in [2.24, 2.45) is 0 Å². The minimum Gasteiger partial charge on any atom is -0.242 e. The summed E-state index contributed by atoms with van der Waals surface area (Å²) < 4.78 is 1.21. The molecule has 0 saturated heterocycles. The van der Waals surface area contributed by atoms with Crippen LogP contribution < -0.4 is 0 Å². The molecule has 0 radical (unpaired) electrons. The molecule has 0 saturated carbocycles. The van der Waals surface area contributed by atoms with Gasteiger partial charge in [0.15, 0.2) is 0 Å². The van der Waals surface area contributed by atoms with Crippen LogP contribution >= 0.6 is 23.4 Å². The van der Waals surface area contributed by atoms with Gasteiger partial charge in [0.05, 0.1) is 6.20 Å². The second-order valence-electron chi connectivity index (χ2n) is 1.03.